The summed E-state index contributed by atoms with van der Waals surface area (Å²) in [5, 5.41) is 5.66. The summed E-state index contributed by atoms with van der Waals surface area (Å²) in [5.74, 6) is -0.100. The molecule has 23 heavy (non-hydrogen) atoms. The van der Waals surface area contributed by atoms with Crippen LogP contribution in [0.25, 0.3) is 0 Å². The van der Waals surface area contributed by atoms with E-state index in [4.69, 9.17) is 16.3 Å². The SMILES string of the molecule is O=C(NCCCOc1ncc(C(F)(F)F)cc1Cl)C1CCCN1. The number of alkyl halides is 3. The van der Waals surface area contributed by atoms with Crippen LogP contribution in [-0.2, 0) is 11.0 Å². The maximum Gasteiger partial charge on any atom is 0.417 e. The first-order valence-electron chi connectivity index (χ1n) is 7.24. The summed E-state index contributed by atoms with van der Waals surface area (Å²) in [6.07, 6.45) is -1.51. The van der Waals surface area contributed by atoms with Crippen LogP contribution >= 0.6 is 11.6 Å². The zero-order valence-electron chi connectivity index (χ0n) is 12.3. The number of nitrogens with one attached hydrogen (secondary N) is 2. The highest BCUT2D eigenvalue weighted by molar-refractivity contribution is 6.31. The predicted octanol–water partition coefficient (Wildman–Crippen LogP) is 2.39. The van der Waals surface area contributed by atoms with Gasteiger partial charge in [0.25, 0.3) is 0 Å². The second kappa shape index (κ2) is 7.83. The van der Waals surface area contributed by atoms with Gasteiger partial charge >= 0.3 is 6.18 Å². The average Bonchev–Trinajstić information content (AvgIpc) is 3.01. The van der Waals surface area contributed by atoms with Crippen molar-refractivity contribution in [1.29, 1.82) is 0 Å². The first-order chi connectivity index (χ1) is 10.9. The Labute approximate surface area is 136 Å². The lowest BCUT2D eigenvalue weighted by Crippen LogP contribution is -2.40. The maximum atomic E-state index is 12.5. The Bertz CT molecular complexity index is 549. The van der Waals surface area contributed by atoms with Crippen LogP contribution in [0.15, 0.2) is 12.3 Å². The molecule has 0 saturated carbocycles. The monoisotopic (exact) mass is 351 g/mol. The van der Waals surface area contributed by atoms with Gasteiger partial charge in [-0.05, 0) is 31.9 Å². The molecule has 2 heterocycles. The Kier molecular flexibility index (Phi) is 6.06. The molecule has 0 radical (unpaired) electrons. The first kappa shape index (κ1) is 17.8. The molecule has 9 heteroatoms. The molecule has 0 aromatic carbocycles. The lowest BCUT2D eigenvalue weighted by molar-refractivity contribution is -0.137. The van der Waals surface area contributed by atoms with E-state index in [1.54, 1.807) is 0 Å². The number of aromatic nitrogens is 1. The highest BCUT2D eigenvalue weighted by Crippen LogP contribution is 2.33. The fourth-order valence-corrected chi connectivity index (χ4v) is 2.39. The van der Waals surface area contributed by atoms with Crippen molar-refractivity contribution in [3.63, 3.8) is 0 Å². The number of pyridine rings is 1. The number of halogens is 4. The Morgan fingerprint density at radius 3 is 2.91 bits per heavy atom. The summed E-state index contributed by atoms with van der Waals surface area (Å²) in [5.41, 5.74) is -0.925. The van der Waals surface area contributed by atoms with E-state index in [0.29, 0.717) is 19.2 Å². The predicted molar refractivity (Wildman–Crippen MR) is 78.4 cm³/mol. The topological polar surface area (TPSA) is 63.2 Å². The highest BCUT2D eigenvalue weighted by atomic mass is 35.5. The van der Waals surface area contributed by atoms with Gasteiger partial charge in [0.2, 0.25) is 11.8 Å². The lowest BCUT2D eigenvalue weighted by Gasteiger charge is -2.12. The summed E-state index contributed by atoms with van der Waals surface area (Å²) < 4.78 is 42.6. The van der Waals surface area contributed by atoms with Crippen LogP contribution in [0.5, 0.6) is 5.88 Å². The minimum atomic E-state index is -4.49. The van der Waals surface area contributed by atoms with E-state index in [0.717, 1.165) is 25.5 Å². The smallest absolute Gasteiger partial charge is 0.417 e. The van der Waals surface area contributed by atoms with E-state index in [1.807, 2.05) is 0 Å². The number of ether oxygens (including phenoxy) is 1. The Morgan fingerprint density at radius 2 is 2.30 bits per heavy atom. The number of amides is 1. The summed E-state index contributed by atoms with van der Waals surface area (Å²) >= 11 is 5.72. The van der Waals surface area contributed by atoms with Crippen LogP contribution in [0.2, 0.25) is 5.02 Å². The van der Waals surface area contributed by atoms with Gasteiger partial charge in [-0.2, -0.15) is 13.2 Å². The molecule has 128 valence electrons. The average molecular weight is 352 g/mol. The van der Waals surface area contributed by atoms with Crippen LogP contribution in [0.3, 0.4) is 0 Å². The molecule has 5 nitrogen and oxygen atoms in total. The van der Waals surface area contributed by atoms with Crippen LogP contribution in [-0.4, -0.2) is 36.6 Å². The Hall–Kier alpha value is -1.54. The molecular weight excluding hydrogens is 335 g/mol. The molecule has 1 fully saturated rings. The number of carbonyl (C=O) groups is 1. The van der Waals surface area contributed by atoms with Gasteiger partial charge in [-0.15, -0.1) is 0 Å². The van der Waals surface area contributed by atoms with Crippen molar-refractivity contribution in [3.05, 3.63) is 22.8 Å². The van der Waals surface area contributed by atoms with Crippen molar-refractivity contribution in [1.82, 2.24) is 15.6 Å². The molecule has 1 atom stereocenters. The molecule has 1 amide bonds. The van der Waals surface area contributed by atoms with Crippen LogP contribution in [0.4, 0.5) is 13.2 Å². The Morgan fingerprint density at radius 1 is 1.52 bits per heavy atom. The largest absolute Gasteiger partial charge is 0.477 e. The quantitative estimate of drug-likeness (QED) is 0.772. The Balaban J connectivity index is 1.71. The van der Waals surface area contributed by atoms with Crippen LogP contribution < -0.4 is 15.4 Å². The van der Waals surface area contributed by atoms with Gasteiger partial charge < -0.3 is 15.4 Å². The lowest BCUT2D eigenvalue weighted by atomic mass is 10.2. The molecule has 1 aliphatic heterocycles. The van der Waals surface area contributed by atoms with Crippen molar-refractivity contribution in [2.24, 2.45) is 0 Å². The molecule has 1 unspecified atom stereocenters. The number of rotatable bonds is 6. The number of hydrogen-bond donors (Lipinski definition) is 2. The highest BCUT2D eigenvalue weighted by Gasteiger charge is 2.31. The van der Waals surface area contributed by atoms with Gasteiger partial charge in [-0.3, -0.25) is 4.79 Å². The van der Waals surface area contributed by atoms with E-state index in [9.17, 15) is 18.0 Å². The molecule has 1 saturated heterocycles. The molecule has 0 aliphatic carbocycles. The zero-order valence-corrected chi connectivity index (χ0v) is 13.0. The number of hydrogen-bond acceptors (Lipinski definition) is 4. The molecule has 2 N–H and O–H groups in total. The van der Waals surface area contributed by atoms with Crippen molar-refractivity contribution in [3.8, 4) is 5.88 Å². The normalized spacial score (nSPS) is 18.0. The molecule has 0 bridgehead atoms. The molecule has 1 aromatic rings. The van der Waals surface area contributed by atoms with Gasteiger partial charge in [0.05, 0.1) is 18.2 Å². The third kappa shape index (κ3) is 5.24. The van der Waals surface area contributed by atoms with E-state index in [2.05, 4.69) is 15.6 Å². The fourth-order valence-electron chi connectivity index (χ4n) is 2.17. The molecule has 2 rings (SSSR count). The third-order valence-electron chi connectivity index (χ3n) is 3.37. The second-order valence-corrected chi connectivity index (χ2v) is 5.56. The standard InChI is InChI=1S/C14H17ClF3N3O2/c15-10-7-9(14(16,17)18)8-21-13(10)23-6-2-5-20-12(22)11-3-1-4-19-11/h7-8,11,19H,1-6H2,(H,20,22). The molecule has 1 aromatic heterocycles. The van der Waals surface area contributed by atoms with E-state index in [1.165, 1.54) is 0 Å². The van der Waals surface area contributed by atoms with E-state index < -0.39 is 11.7 Å². The van der Waals surface area contributed by atoms with Gasteiger partial charge in [-0.25, -0.2) is 4.98 Å². The summed E-state index contributed by atoms with van der Waals surface area (Å²) in [6.45, 7) is 1.45. The van der Waals surface area contributed by atoms with Crippen molar-refractivity contribution < 1.29 is 22.7 Å². The van der Waals surface area contributed by atoms with Crippen LogP contribution in [0.1, 0.15) is 24.8 Å². The summed E-state index contributed by atoms with van der Waals surface area (Å²) in [7, 11) is 0. The minimum absolute atomic E-state index is 0.0480. The minimum Gasteiger partial charge on any atom is -0.477 e. The van der Waals surface area contributed by atoms with Gasteiger partial charge in [0.15, 0.2) is 0 Å². The molecule has 1 aliphatic rings. The van der Waals surface area contributed by atoms with Gasteiger partial charge in [0.1, 0.15) is 5.02 Å². The second-order valence-electron chi connectivity index (χ2n) is 5.15. The van der Waals surface area contributed by atoms with Crippen LogP contribution in [0, 0.1) is 0 Å². The fraction of sp³-hybridized carbons (Fsp3) is 0.571. The summed E-state index contributed by atoms with van der Waals surface area (Å²) in [6, 6.07) is 0.638. The van der Waals surface area contributed by atoms with Crippen molar-refractivity contribution in [2.45, 2.75) is 31.5 Å². The van der Waals surface area contributed by atoms with Crippen molar-refractivity contribution >= 4 is 17.5 Å². The van der Waals surface area contributed by atoms with E-state index in [-0.39, 0.29) is 29.5 Å². The zero-order chi connectivity index (χ0) is 16.9. The number of carbonyl (C=O) groups excluding carboxylic acids is 1. The van der Waals surface area contributed by atoms with Gasteiger partial charge in [-0.1, -0.05) is 11.6 Å². The number of nitrogens with zero attached hydrogens (tertiary/aromatic N) is 1. The van der Waals surface area contributed by atoms with Gasteiger partial charge in [0, 0.05) is 12.7 Å². The maximum absolute atomic E-state index is 12.5. The van der Waals surface area contributed by atoms with E-state index >= 15 is 0 Å². The molecular formula is C14H17ClF3N3O2. The molecule has 0 spiro atoms. The van der Waals surface area contributed by atoms with Crippen molar-refractivity contribution in [2.75, 3.05) is 19.7 Å². The third-order valence-corrected chi connectivity index (χ3v) is 3.64. The first-order valence-corrected chi connectivity index (χ1v) is 7.62. The summed E-state index contributed by atoms with van der Waals surface area (Å²) in [4.78, 5) is 15.3.